The van der Waals surface area contributed by atoms with Gasteiger partial charge in [0, 0.05) is 7.05 Å². The van der Waals surface area contributed by atoms with Gasteiger partial charge >= 0.3 is 0 Å². The number of hydrogen-bond donors (Lipinski definition) is 2. The molecule has 2 heterocycles. The van der Waals surface area contributed by atoms with E-state index in [1.165, 1.54) is 6.33 Å². The summed E-state index contributed by atoms with van der Waals surface area (Å²) in [6.45, 7) is 7.39. The summed E-state index contributed by atoms with van der Waals surface area (Å²) in [4.78, 5) is 8.41. The van der Waals surface area contributed by atoms with E-state index in [1.807, 2.05) is 20.9 Å². The summed E-state index contributed by atoms with van der Waals surface area (Å²) in [7, 11) is 1.83. The molecule has 6 heteroatoms. The lowest BCUT2D eigenvalue weighted by Crippen LogP contribution is -2.51. The van der Waals surface area contributed by atoms with Crippen LogP contribution in [0.25, 0.3) is 11.0 Å². The van der Waals surface area contributed by atoms with Crippen molar-refractivity contribution in [1.82, 2.24) is 19.7 Å². The molecule has 0 saturated heterocycles. The van der Waals surface area contributed by atoms with Gasteiger partial charge in [0.2, 0.25) is 0 Å². The largest absolute Gasteiger partial charge is 0.388 e. The van der Waals surface area contributed by atoms with Gasteiger partial charge in [-0.15, -0.1) is 0 Å². The highest BCUT2D eigenvalue weighted by Crippen LogP contribution is 2.27. The van der Waals surface area contributed by atoms with Crippen LogP contribution in [-0.4, -0.2) is 36.0 Å². The summed E-state index contributed by atoms with van der Waals surface area (Å²) in [5, 5.41) is 18.4. The standard InChI is InChI=1S/C12H19N5O/c1-11(2,12(3,4)18)16-9-8-6-15-17(5)10(8)14-7-13-9/h6-7,18H,1-5H3,(H,13,14,16). The molecule has 0 amide bonds. The Morgan fingerprint density at radius 2 is 1.89 bits per heavy atom. The van der Waals surface area contributed by atoms with Crippen molar-refractivity contribution in [3.63, 3.8) is 0 Å². The molecule has 0 fully saturated rings. The zero-order valence-corrected chi connectivity index (χ0v) is 11.4. The minimum atomic E-state index is -0.882. The van der Waals surface area contributed by atoms with Crippen LogP contribution in [0.2, 0.25) is 0 Å². The third-order valence-electron chi connectivity index (χ3n) is 3.49. The molecule has 2 rings (SSSR count). The Morgan fingerprint density at radius 3 is 2.50 bits per heavy atom. The predicted octanol–water partition coefficient (Wildman–Crippen LogP) is 1.32. The second-order valence-corrected chi connectivity index (χ2v) is 5.54. The highest BCUT2D eigenvalue weighted by atomic mass is 16.3. The van der Waals surface area contributed by atoms with Crippen LogP contribution in [0.15, 0.2) is 12.5 Å². The Morgan fingerprint density at radius 1 is 1.22 bits per heavy atom. The van der Waals surface area contributed by atoms with Crippen molar-refractivity contribution in [2.24, 2.45) is 7.05 Å². The van der Waals surface area contributed by atoms with Crippen LogP contribution in [0.4, 0.5) is 5.82 Å². The van der Waals surface area contributed by atoms with Crippen molar-refractivity contribution in [2.75, 3.05) is 5.32 Å². The Kier molecular flexibility index (Phi) is 2.77. The van der Waals surface area contributed by atoms with E-state index >= 15 is 0 Å². The van der Waals surface area contributed by atoms with E-state index in [0.717, 1.165) is 11.0 Å². The zero-order valence-electron chi connectivity index (χ0n) is 11.4. The van der Waals surface area contributed by atoms with E-state index in [4.69, 9.17) is 0 Å². The van der Waals surface area contributed by atoms with Crippen LogP contribution in [0, 0.1) is 0 Å². The fraction of sp³-hybridized carbons (Fsp3) is 0.583. The van der Waals surface area contributed by atoms with Gasteiger partial charge < -0.3 is 10.4 Å². The quantitative estimate of drug-likeness (QED) is 0.858. The smallest absolute Gasteiger partial charge is 0.163 e. The molecule has 0 spiro atoms. The SMILES string of the molecule is Cn1ncc2c(NC(C)(C)C(C)(C)O)ncnc21. The van der Waals surface area contributed by atoms with Crippen molar-refractivity contribution in [2.45, 2.75) is 38.8 Å². The Labute approximate surface area is 106 Å². The minimum Gasteiger partial charge on any atom is -0.388 e. The molecule has 0 radical (unpaired) electrons. The van der Waals surface area contributed by atoms with E-state index in [1.54, 1.807) is 24.7 Å². The average molecular weight is 249 g/mol. The maximum Gasteiger partial charge on any atom is 0.163 e. The summed E-state index contributed by atoms with van der Waals surface area (Å²) in [5.74, 6) is 0.681. The van der Waals surface area contributed by atoms with E-state index in [9.17, 15) is 5.11 Å². The van der Waals surface area contributed by atoms with Crippen molar-refractivity contribution in [3.05, 3.63) is 12.5 Å². The Hall–Kier alpha value is -1.69. The maximum atomic E-state index is 10.2. The molecule has 0 saturated carbocycles. The summed E-state index contributed by atoms with van der Waals surface area (Å²) >= 11 is 0. The fourth-order valence-electron chi connectivity index (χ4n) is 1.51. The normalized spacial score (nSPS) is 13.0. The van der Waals surface area contributed by atoms with E-state index < -0.39 is 11.1 Å². The minimum absolute atomic E-state index is 0.524. The van der Waals surface area contributed by atoms with Crippen LogP contribution in [-0.2, 0) is 7.05 Å². The van der Waals surface area contributed by atoms with Crippen molar-refractivity contribution >= 4 is 16.9 Å². The van der Waals surface area contributed by atoms with Crippen LogP contribution in [0.5, 0.6) is 0 Å². The second kappa shape index (κ2) is 3.91. The lowest BCUT2D eigenvalue weighted by Gasteiger charge is -2.38. The first-order chi connectivity index (χ1) is 8.22. The van der Waals surface area contributed by atoms with Gasteiger partial charge in [-0.05, 0) is 27.7 Å². The van der Waals surface area contributed by atoms with Crippen LogP contribution in [0.3, 0.4) is 0 Å². The highest BCUT2D eigenvalue weighted by Gasteiger charge is 2.35. The van der Waals surface area contributed by atoms with E-state index in [2.05, 4.69) is 20.4 Å². The summed E-state index contributed by atoms with van der Waals surface area (Å²) in [6, 6.07) is 0. The molecule has 0 aromatic carbocycles. The molecule has 0 aliphatic heterocycles. The third kappa shape index (κ3) is 2.03. The number of aryl methyl sites for hydroxylation is 1. The first-order valence-electron chi connectivity index (χ1n) is 5.85. The van der Waals surface area contributed by atoms with Crippen molar-refractivity contribution in [3.8, 4) is 0 Å². The van der Waals surface area contributed by atoms with Crippen LogP contribution >= 0.6 is 0 Å². The average Bonchev–Trinajstić information content (AvgIpc) is 2.60. The molecule has 0 unspecified atom stereocenters. The maximum absolute atomic E-state index is 10.2. The highest BCUT2D eigenvalue weighted by molar-refractivity contribution is 5.86. The molecule has 98 valence electrons. The summed E-state index contributed by atoms with van der Waals surface area (Å²) in [5.41, 5.74) is -0.643. The van der Waals surface area contributed by atoms with Gasteiger partial charge in [-0.3, -0.25) is 4.68 Å². The third-order valence-corrected chi connectivity index (χ3v) is 3.49. The summed E-state index contributed by atoms with van der Waals surface area (Å²) < 4.78 is 1.69. The lowest BCUT2D eigenvalue weighted by molar-refractivity contribution is 0.0239. The number of rotatable bonds is 3. The van der Waals surface area contributed by atoms with Gasteiger partial charge in [-0.25, -0.2) is 9.97 Å². The number of aliphatic hydroxyl groups is 1. The molecule has 6 nitrogen and oxygen atoms in total. The van der Waals surface area contributed by atoms with Gasteiger partial charge in [0.15, 0.2) is 5.65 Å². The van der Waals surface area contributed by atoms with Crippen LogP contribution < -0.4 is 5.32 Å². The topological polar surface area (TPSA) is 75.9 Å². The fourth-order valence-corrected chi connectivity index (χ4v) is 1.51. The Balaban J connectivity index is 2.44. The van der Waals surface area contributed by atoms with Gasteiger partial charge in [0.1, 0.15) is 12.1 Å². The van der Waals surface area contributed by atoms with Gasteiger partial charge in [0.25, 0.3) is 0 Å². The Bertz CT molecular complexity index is 567. The zero-order chi connectivity index (χ0) is 13.6. The molecule has 18 heavy (non-hydrogen) atoms. The number of nitrogens with one attached hydrogen (secondary N) is 1. The first-order valence-corrected chi connectivity index (χ1v) is 5.85. The van der Waals surface area contributed by atoms with Gasteiger partial charge in [0.05, 0.1) is 22.7 Å². The van der Waals surface area contributed by atoms with E-state index in [0.29, 0.717) is 5.82 Å². The van der Waals surface area contributed by atoms with Crippen molar-refractivity contribution in [1.29, 1.82) is 0 Å². The van der Waals surface area contributed by atoms with E-state index in [-0.39, 0.29) is 0 Å². The lowest BCUT2D eigenvalue weighted by atomic mass is 9.86. The molecule has 0 aliphatic carbocycles. The van der Waals surface area contributed by atoms with Gasteiger partial charge in [-0.1, -0.05) is 0 Å². The van der Waals surface area contributed by atoms with Crippen LogP contribution in [0.1, 0.15) is 27.7 Å². The summed E-state index contributed by atoms with van der Waals surface area (Å²) in [6.07, 6.45) is 3.21. The molecular weight excluding hydrogens is 230 g/mol. The second-order valence-electron chi connectivity index (χ2n) is 5.54. The number of hydrogen-bond acceptors (Lipinski definition) is 5. The molecular formula is C12H19N5O. The number of fused-ring (bicyclic) bond motifs is 1. The number of anilines is 1. The predicted molar refractivity (Wildman–Crippen MR) is 70.3 cm³/mol. The molecule has 2 aromatic heterocycles. The molecule has 2 aromatic rings. The molecule has 2 N–H and O–H groups in total. The first kappa shape index (κ1) is 12.8. The van der Waals surface area contributed by atoms with Crippen molar-refractivity contribution < 1.29 is 5.11 Å². The van der Waals surface area contributed by atoms with Gasteiger partial charge in [-0.2, -0.15) is 5.10 Å². The molecule has 0 atom stereocenters. The molecule has 0 aliphatic rings. The number of nitrogens with zero attached hydrogens (tertiary/aromatic N) is 4. The monoisotopic (exact) mass is 249 g/mol. The number of aromatic nitrogens is 4. The molecule has 0 bridgehead atoms.